The van der Waals surface area contributed by atoms with Crippen molar-refractivity contribution in [1.82, 2.24) is 4.90 Å². The largest absolute Gasteiger partial charge is 0.497 e. The Balaban J connectivity index is 1.62. The smallest absolute Gasteiger partial charge is 0.223 e. The third-order valence-electron chi connectivity index (χ3n) is 4.91. The third kappa shape index (κ3) is 4.37. The molecule has 4 heteroatoms. The molecule has 1 saturated heterocycles. The molecule has 1 aliphatic heterocycles. The van der Waals surface area contributed by atoms with E-state index in [1.165, 1.54) is 5.56 Å². The summed E-state index contributed by atoms with van der Waals surface area (Å²) < 4.78 is 10.8. The highest BCUT2D eigenvalue weighted by Crippen LogP contribution is 2.33. The molecule has 0 bridgehead atoms. The zero-order valence-electron chi connectivity index (χ0n) is 15.6. The number of aryl methyl sites for hydroxylation is 1. The van der Waals surface area contributed by atoms with Gasteiger partial charge in [0.15, 0.2) is 0 Å². The summed E-state index contributed by atoms with van der Waals surface area (Å²) in [6, 6.07) is 16.3. The number of hydrogen-bond donors (Lipinski definition) is 0. The Morgan fingerprint density at radius 3 is 2.69 bits per heavy atom. The zero-order valence-corrected chi connectivity index (χ0v) is 15.6. The van der Waals surface area contributed by atoms with Gasteiger partial charge in [0.2, 0.25) is 5.91 Å². The van der Waals surface area contributed by atoms with Crippen LogP contribution in [0, 0.1) is 0 Å². The van der Waals surface area contributed by atoms with Crippen LogP contribution in [0.5, 0.6) is 11.5 Å². The summed E-state index contributed by atoms with van der Waals surface area (Å²) in [6.45, 7) is 3.49. The van der Waals surface area contributed by atoms with Gasteiger partial charge in [-0.05, 0) is 61.6 Å². The maximum atomic E-state index is 12.8. The highest BCUT2D eigenvalue weighted by Gasteiger charge is 2.29. The molecule has 0 aliphatic carbocycles. The van der Waals surface area contributed by atoms with E-state index >= 15 is 0 Å². The van der Waals surface area contributed by atoms with Gasteiger partial charge in [0.05, 0.1) is 19.8 Å². The number of methoxy groups -OCH3 is 1. The predicted molar refractivity (Wildman–Crippen MR) is 103 cm³/mol. The van der Waals surface area contributed by atoms with Crippen molar-refractivity contribution in [3.05, 3.63) is 59.7 Å². The molecule has 0 spiro atoms. The molecule has 1 aliphatic rings. The van der Waals surface area contributed by atoms with Crippen LogP contribution in [0.25, 0.3) is 0 Å². The Morgan fingerprint density at radius 1 is 1.15 bits per heavy atom. The topological polar surface area (TPSA) is 38.8 Å². The zero-order chi connectivity index (χ0) is 18.4. The van der Waals surface area contributed by atoms with Gasteiger partial charge in [-0.2, -0.15) is 0 Å². The molecule has 2 aromatic carbocycles. The van der Waals surface area contributed by atoms with E-state index in [-0.39, 0.29) is 11.9 Å². The van der Waals surface area contributed by atoms with Crippen molar-refractivity contribution in [1.29, 1.82) is 0 Å². The van der Waals surface area contributed by atoms with Gasteiger partial charge in [0.25, 0.3) is 0 Å². The Hall–Kier alpha value is -2.49. The minimum Gasteiger partial charge on any atom is -0.497 e. The van der Waals surface area contributed by atoms with Gasteiger partial charge in [-0.3, -0.25) is 4.79 Å². The van der Waals surface area contributed by atoms with Crippen LogP contribution >= 0.6 is 0 Å². The average Bonchev–Trinajstić information content (AvgIpc) is 3.17. The number of nitrogens with zero attached hydrogens (tertiary/aromatic N) is 1. The molecule has 1 unspecified atom stereocenters. The van der Waals surface area contributed by atoms with Crippen molar-refractivity contribution in [2.24, 2.45) is 0 Å². The molecule has 0 aromatic heterocycles. The maximum Gasteiger partial charge on any atom is 0.223 e. The summed E-state index contributed by atoms with van der Waals surface area (Å²) >= 11 is 0. The first-order valence-electron chi connectivity index (χ1n) is 9.36. The summed E-state index contributed by atoms with van der Waals surface area (Å²) in [5.41, 5.74) is 2.33. The first-order valence-corrected chi connectivity index (χ1v) is 9.36. The van der Waals surface area contributed by atoms with Crippen LogP contribution in [-0.2, 0) is 11.2 Å². The number of carbonyl (C=O) groups excluding carboxylic acids is 1. The van der Waals surface area contributed by atoms with Crippen molar-refractivity contribution >= 4 is 5.91 Å². The van der Waals surface area contributed by atoms with Gasteiger partial charge >= 0.3 is 0 Å². The number of benzene rings is 2. The maximum absolute atomic E-state index is 12.8. The Morgan fingerprint density at radius 2 is 1.96 bits per heavy atom. The molecule has 3 rings (SSSR count). The van der Waals surface area contributed by atoms with Gasteiger partial charge < -0.3 is 14.4 Å². The number of carbonyl (C=O) groups is 1. The lowest BCUT2D eigenvalue weighted by Crippen LogP contribution is -2.30. The van der Waals surface area contributed by atoms with E-state index in [9.17, 15) is 4.79 Å². The van der Waals surface area contributed by atoms with Crippen LogP contribution < -0.4 is 9.47 Å². The summed E-state index contributed by atoms with van der Waals surface area (Å²) in [7, 11) is 1.66. The minimum atomic E-state index is 0.184. The first kappa shape index (κ1) is 18.3. The van der Waals surface area contributed by atoms with Crippen molar-refractivity contribution in [2.75, 3.05) is 20.3 Å². The molecule has 1 amide bonds. The molecule has 0 N–H and O–H groups in total. The van der Waals surface area contributed by atoms with E-state index in [0.717, 1.165) is 42.9 Å². The van der Waals surface area contributed by atoms with E-state index in [1.807, 2.05) is 48.2 Å². The molecular weight excluding hydrogens is 326 g/mol. The van der Waals surface area contributed by atoms with Crippen LogP contribution in [0.3, 0.4) is 0 Å². The van der Waals surface area contributed by atoms with Crippen molar-refractivity contribution < 1.29 is 14.3 Å². The van der Waals surface area contributed by atoms with Crippen LogP contribution in [0.4, 0.5) is 0 Å². The van der Waals surface area contributed by atoms with Crippen LogP contribution in [0.1, 0.15) is 43.4 Å². The van der Waals surface area contributed by atoms with Crippen molar-refractivity contribution in [3.8, 4) is 11.5 Å². The number of amides is 1. The van der Waals surface area contributed by atoms with Gasteiger partial charge in [-0.1, -0.05) is 24.3 Å². The molecule has 138 valence electrons. The molecule has 1 heterocycles. The number of ether oxygens (including phenoxy) is 2. The van der Waals surface area contributed by atoms with Gasteiger partial charge in [0.1, 0.15) is 11.5 Å². The highest BCUT2D eigenvalue weighted by molar-refractivity contribution is 5.77. The second-order valence-electron chi connectivity index (χ2n) is 6.60. The van der Waals surface area contributed by atoms with Crippen LogP contribution in [0.15, 0.2) is 48.5 Å². The quantitative estimate of drug-likeness (QED) is 0.741. The van der Waals surface area contributed by atoms with Gasteiger partial charge in [-0.25, -0.2) is 0 Å². The monoisotopic (exact) mass is 353 g/mol. The predicted octanol–water partition coefficient (Wildman–Crippen LogP) is 4.39. The third-order valence-corrected chi connectivity index (χ3v) is 4.91. The number of likely N-dealkylation sites (tertiary alicyclic amines) is 1. The summed E-state index contributed by atoms with van der Waals surface area (Å²) in [6.07, 6.45) is 3.35. The molecule has 0 radical (unpaired) electrons. The molecule has 1 fully saturated rings. The molecule has 0 saturated carbocycles. The number of rotatable bonds is 7. The summed E-state index contributed by atoms with van der Waals surface area (Å²) in [5, 5.41) is 0. The van der Waals surface area contributed by atoms with Gasteiger partial charge in [-0.15, -0.1) is 0 Å². The van der Waals surface area contributed by atoms with Gasteiger partial charge in [0, 0.05) is 13.0 Å². The molecule has 2 aromatic rings. The van der Waals surface area contributed by atoms with Crippen LogP contribution in [0.2, 0.25) is 0 Å². The summed E-state index contributed by atoms with van der Waals surface area (Å²) in [5.74, 6) is 1.94. The Kier molecular flexibility index (Phi) is 6.16. The fourth-order valence-electron chi connectivity index (χ4n) is 3.59. The molecule has 26 heavy (non-hydrogen) atoms. The lowest BCUT2D eigenvalue weighted by molar-refractivity contribution is -0.132. The fraction of sp³-hybridized carbons (Fsp3) is 0.409. The first-order chi connectivity index (χ1) is 12.7. The normalized spacial score (nSPS) is 16.5. The molecule has 1 atom stereocenters. The Bertz CT molecular complexity index is 726. The standard InChI is InChI=1S/C22H27NO3/c1-3-26-19-12-10-18(11-13-19)21-8-5-15-23(21)22(24)14-9-17-6-4-7-20(16-17)25-2/h4,6-7,10-13,16,21H,3,5,8-9,14-15H2,1-2H3. The SMILES string of the molecule is CCOc1ccc(C2CCCN2C(=O)CCc2cccc(OC)c2)cc1. The number of hydrogen-bond acceptors (Lipinski definition) is 3. The van der Waals surface area contributed by atoms with E-state index in [4.69, 9.17) is 9.47 Å². The van der Waals surface area contributed by atoms with E-state index in [1.54, 1.807) is 7.11 Å². The average molecular weight is 353 g/mol. The van der Waals surface area contributed by atoms with E-state index < -0.39 is 0 Å². The minimum absolute atomic E-state index is 0.184. The van der Waals surface area contributed by atoms with Crippen molar-refractivity contribution in [2.45, 2.75) is 38.6 Å². The fourth-order valence-corrected chi connectivity index (χ4v) is 3.59. The second-order valence-corrected chi connectivity index (χ2v) is 6.60. The summed E-state index contributed by atoms with van der Waals surface area (Å²) in [4.78, 5) is 14.8. The molecular formula is C22H27NO3. The van der Waals surface area contributed by atoms with Crippen LogP contribution in [-0.4, -0.2) is 31.1 Å². The lowest BCUT2D eigenvalue weighted by Gasteiger charge is -2.25. The van der Waals surface area contributed by atoms with Crippen molar-refractivity contribution in [3.63, 3.8) is 0 Å². The van der Waals surface area contributed by atoms with E-state index in [0.29, 0.717) is 13.0 Å². The highest BCUT2D eigenvalue weighted by atomic mass is 16.5. The molecule has 4 nitrogen and oxygen atoms in total. The lowest BCUT2D eigenvalue weighted by atomic mass is 10.0. The Labute approximate surface area is 155 Å². The van der Waals surface area contributed by atoms with E-state index in [2.05, 4.69) is 12.1 Å². The second kappa shape index (κ2) is 8.75.